The molecule has 0 heterocycles. The fourth-order valence-corrected chi connectivity index (χ4v) is 2.70. The summed E-state index contributed by atoms with van der Waals surface area (Å²) in [6.45, 7) is 9.51. The Balaban J connectivity index is 2.24. The molecule has 2 aromatic rings. The Hall–Kier alpha value is -1.38. The van der Waals surface area contributed by atoms with Gasteiger partial charge in [-0.3, -0.25) is 4.90 Å². The van der Waals surface area contributed by atoms with Gasteiger partial charge in [0.15, 0.2) is 0 Å². The van der Waals surface area contributed by atoms with E-state index in [4.69, 9.17) is 0 Å². The largest absolute Gasteiger partial charge is 0.395 e. The van der Waals surface area contributed by atoms with Crippen molar-refractivity contribution >= 4 is 10.8 Å². The summed E-state index contributed by atoms with van der Waals surface area (Å²) < 4.78 is 0. The van der Waals surface area contributed by atoms with Gasteiger partial charge in [-0.05, 0) is 21.8 Å². The lowest BCUT2D eigenvalue weighted by molar-refractivity contribution is 0.146. The number of aliphatic hydroxyl groups is 1. The number of hydrogen-bond acceptors (Lipinski definition) is 2. The highest BCUT2D eigenvalue weighted by Gasteiger charge is 2.16. The molecular formula is C18H25NO. The second kappa shape index (κ2) is 6.38. The molecule has 0 spiro atoms. The monoisotopic (exact) mass is 271 g/mol. The molecule has 0 aromatic heterocycles. The van der Waals surface area contributed by atoms with Gasteiger partial charge in [0, 0.05) is 19.6 Å². The second-order valence-electron chi connectivity index (χ2n) is 6.63. The Morgan fingerprint density at radius 3 is 2.40 bits per heavy atom. The molecule has 0 atom stereocenters. The van der Waals surface area contributed by atoms with Crippen LogP contribution in [0.5, 0.6) is 0 Å². The smallest absolute Gasteiger partial charge is 0.0558 e. The van der Waals surface area contributed by atoms with Gasteiger partial charge in [0.2, 0.25) is 0 Å². The molecule has 2 nitrogen and oxygen atoms in total. The van der Waals surface area contributed by atoms with Crippen LogP contribution in [0.1, 0.15) is 26.3 Å². The lowest BCUT2D eigenvalue weighted by Crippen LogP contribution is -2.34. The second-order valence-corrected chi connectivity index (χ2v) is 6.63. The molecule has 0 unspecified atom stereocenters. The molecule has 108 valence electrons. The molecule has 0 fully saturated rings. The molecule has 0 amide bonds. The number of nitrogens with zero attached hydrogens (tertiary/aromatic N) is 1. The minimum absolute atomic E-state index is 0.209. The summed E-state index contributed by atoms with van der Waals surface area (Å²) in [6, 6.07) is 15.0. The van der Waals surface area contributed by atoms with E-state index in [0.29, 0.717) is 0 Å². The fraction of sp³-hybridized carbons (Fsp3) is 0.444. The predicted molar refractivity (Wildman–Crippen MR) is 85.8 cm³/mol. The highest BCUT2D eigenvalue weighted by Crippen LogP contribution is 2.22. The third-order valence-corrected chi connectivity index (χ3v) is 3.39. The van der Waals surface area contributed by atoms with Crippen molar-refractivity contribution in [3.63, 3.8) is 0 Å². The first-order chi connectivity index (χ1) is 9.49. The van der Waals surface area contributed by atoms with Gasteiger partial charge < -0.3 is 5.11 Å². The van der Waals surface area contributed by atoms with Gasteiger partial charge >= 0.3 is 0 Å². The maximum atomic E-state index is 9.28. The average Bonchev–Trinajstić information content (AvgIpc) is 2.37. The highest BCUT2D eigenvalue weighted by molar-refractivity contribution is 5.85. The molecule has 20 heavy (non-hydrogen) atoms. The first kappa shape index (κ1) is 15.0. The minimum atomic E-state index is 0.209. The van der Waals surface area contributed by atoms with Crippen molar-refractivity contribution in [1.29, 1.82) is 0 Å². The zero-order valence-electron chi connectivity index (χ0n) is 12.8. The third-order valence-electron chi connectivity index (χ3n) is 3.39. The minimum Gasteiger partial charge on any atom is -0.395 e. The molecule has 0 radical (unpaired) electrons. The summed E-state index contributed by atoms with van der Waals surface area (Å²) in [4.78, 5) is 2.34. The number of hydrogen-bond donors (Lipinski definition) is 1. The maximum absolute atomic E-state index is 9.28. The highest BCUT2D eigenvalue weighted by atomic mass is 16.3. The quantitative estimate of drug-likeness (QED) is 0.896. The van der Waals surface area contributed by atoms with Gasteiger partial charge in [-0.25, -0.2) is 0 Å². The molecule has 0 aliphatic carbocycles. The molecule has 0 saturated heterocycles. The van der Waals surface area contributed by atoms with Crippen LogP contribution >= 0.6 is 0 Å². The van der Waals surface area contributed by atoms with E-state index in [9.17, 15) is 5.11 Å². The van der Waals surface area contributed by atoms with Gasteiger partial charge in [0.25, 0.3) is 0 Å². The summed E-state index contributed by atoms with van der Waals surface area (Å²) in [5.74, 6) is 0. The van der Waals surface area contributed by atoms with E-state index < -0.39 is 0 Å². The Kier molecular flexibility index (Phi) is 4.79. The Morgan fingerprint density at radius 2 is 1.70 bits per heavy atom. The van der Waals surface area contributed by atoms with Gasteiger partial charge in [-0.1, -0.05) is 63.2 Å². The van der Waals surface area contributed by atoms with Crippen LogP contribution in [0.3, 0.4) is 0 Å². The molecule has 0 bridgehead atoms. The number of fused-ring (bicyclic) bond motifs is 1. The van der Waals surface area contributed by atoms with E-state index >= 15 is 0 Å². The van der Waals surface area contributed by atoms with E-state index in [0.717, 1.165) is 19.6 Å². The van der Waals surface area contributed by atoms with E-state index in [-0.39, 0.29) is 12.0 Å². The Labute approximate surface area is 122 Å². The SMILES string of the molecule is CC(C)(C)CN(CCO)Cc1cccc2ccccc12. The lowest BCUT2D eigenvalue weighted by Gasteiger charge is -2.29. The van der Waals surface area contributed by atoms with Crippen LogP contribution in [0.2, 0.25) is 0 Å². The fourth-order valence-electron chi connectivity index (χ4n) is 2.70. The molecule has 2 heteroatoms. The van der Waals surface area contributed by atoms with Crippen LogP contribution < -0.4 is 0 Å². The van der Waals surface area contributed by atoms with Crippen LogP contribution in [0.25, 0.3) is 10.8 Å². The van der Waals surface area contributed by atoms with Gasteiger partial charge in [-0.2, -0.15) is 0 Å². The molecule has 1 N–H and O–H groups in total. The third kappa shape index (κ3) is 4.06. The average molecular weight is 271 g/mol. The van der Waals surface area contributed by atoms with Crippen molar-refractivity contribution in [3.8, 4) is 0 Å². The number of rotatable bonds is 5. The van der Waals surface area contributed by atoms with Gasteiger partial charge in [0.1, 0.15) is 0 Å². The molecular weight excluding hydrogens is 246 g/mol. The van der Waals surface area contributed by atoms with Crippen molar-refractivity contribution in [2.24, 2.45) is 5.41 Å². The molecule has 0 saturated carbocycles. The normalized spacial score (nSPS) is 12.2. The summed E-state index contributed by atoms with van der Waals surface area (Å²) in [6.07, 6.45) is 0. The molecule has 2 rings (SSSR count). The standard InChI is InChI=1S/C18H25NO/c1-18(2,3)14-19(11-12-20)13-16-9-6-8-15-7-4-5-10-17(15)16/h4-10,20H,11-14H2,1-3H3. The van der Waals surface area contributed by atoms with Crippen molar-refractivity contribution in [1.82, 2.24) is 4.90 Å². The molecule has 2 aromatic carbocycles. The first-order valence-electron chi connectivity index (χ1n) is 7.29. The van der Waals surface area contributed by atoms with Crippen molar-refractivity contribution in [3.05, 3.63) is 48.0 Å². The van der Waals surface area contributed by atoms with Crippen molar-refractivity contribution < 1.29 is 5.11 Å². The Bertz CT molecular complexity index is 551. The number of benzene rings is 2. The predicted octanol–water partition coefficient (Wildman–Crippen LogP) is 3.68. The summed E-state index contributed by atoms with van der Waals surface area (Å²) in [7, 11) is 0. The van der Waals surface area contributed by atoms with Gasteiger partial charge in [0.05, 0.1) is 6.61 Å². The summed E-state index contributed by atoms with van der Waals surface area (Å²) in [5.41, 5.74) is 1.57. The maximum Gasteiger partial charge on any atom is 0.0558 e. The van der Waals surface area contributed by atoms with Crippen LogP contribution in [-0.4, -0.2) is 29.7 Å². The zero-order valence-corrected chi connectivity index (χ0v) is 12.8. The van der Waals surface area contributed by atoms with Crippen molar-refractivity contribution in [2.75, 3.05) is 19.7 Å². The van der Waals surface area contributed by atoms with E-state index in [1.807, 2.05) is 0 Å². The topological polar surface area (TPSA) is 23.5 Å². The van der Waals surface area contributed by atoms with Gasteiger partial charge in [-0.15, -0.1) is 0 Å². The van der Waals surface area contributed by atoms with Crippen LogP contribution in [-0.2, 0) is 6.54 Å². The summed E-state index contributed by atoms with van der Waals surface area (Å²) >= 11 is 0. The van der Waals surface area contributed by atoms with E-state index in [1.165, 1.54) is 16.3 Å². The van der Waals surface area contributed by atoms with Crippen LogP contribution in [0, 0.1) is 5.41 Å². The van der Waals surface area contributed by atoms with E-state index in [2.05, 4.69) is 68.1 Å². The van der Waals surface area contributed by atoms with Crippen LogP contribution in [0.15, 0.2) is 42.5 Å². The van der Waals surface area contributed by atoms with Crippen molar-refractivity contribution in [2.45, 2.75) is 27.3 Å². The zero-order chi connectivity index (χ0) is 14.6. The Morgan fingerprint density at radius 1 is 1.00 bits per heavy atom. The van der Waals surface area contributed by atoms with E-state index in [1.54, 1.807) is 0 Å². The first-order valence-corrected chi connectivity index (χ1v) is 7.29. The number of aliphatic hydroxyl groups excluding tert-OH is 1. The lowest BCUT2D eigenvalue weighted by atomic mass is 9.95. The molecule has 0 aliphatic heterocycles. The summed E-state index contributed by atoms with van der Waals surface area (Å²) in [5, 5.41) is 11.9. The van der Waals surface area contributed by atoms with Crippen LogP contribution in [0.4, 0.5) is 0 Å². The molecule has 0 aliphatic rings.